The summed E-state index contributed by atoms with van der Waals surface area (Å²) in [6.07, 6.45) is 0. The highest BCUT2D eigenvalue weighted by Gasteiger charge is 2.18. The first-order chi connectivity index (χ1) is 9.99. The van der Waals surface area contributed by atoms with Crippen LogP contribution in [0.1, 0.15) is 0 Å². The predicted molar refractivity (Wildman–Crippen MR) is 81.8 cm³/mol. The van der Waals surface area contributed by atoms with Gasteiger partial charge >= 0.3 is 11.8 Å². The minimum absolute atomic E-state index is 0.128. The van der Waals surface area contributed by atoms with Crippen molar-refractivity contribution in [1.82, 2.24) is 0 Å². The van der Waals surface area contributed by atoms with E-state index >= 15 is 0 Å². The van der Waals surface area contributed by atoms with Gasteiger partial charge in [-0.2, -0.15) is 0 Å². The molecule has 0 spiro atoms. The molecule has 0 radical (unpaired) electrons. The Morgan fingerprint density at radius 1 is 0.857 bits per heavy atom. The number of hydrogen-bond acceptors (Lipinski definition) is 3. The third kappa shape index (κ3) is 3.65. The standard InChI is InChI=1S/C14H10Cl2N2O3/c15-8-4-3-5-9(16)12(8)18-14(21)13(20)17-10-6-1-2-7-11(10)19/h1-7,19H,(H,17,20)(H,18,21). The summed E-state index contributed by atoms with van der Waals surface area (Å²) >= 11 is 11.8. The smallest absolute Gasteiger partial charge is 0.314 e. The maximum absolute atomic E-state index is 11.8. The normalized spacial score (nSPS) is 10.0. The fraction of sp³-hybridized carbons (Fsp3) is 0. The largest absolute Gasteiger partial charge is 0.506 e. The molecule has 0 saturated heterocycles. The molecular weight excluding hydrogens is 315 g/mol. The number of nitrogens with one attached hydrogen (secondary N) is 2. The van der Waals surface area contributed by atoms with Gasteiger partial charge in [-0.15, -0.1) is 0 Å². The maximum Gasteiger partial charge on any atom is 0.314 e. The molecule has 2 amide bonds. The van der Waals surface area contributed by atoms with Crippen LogP contribution in [0.3, 0.4) is 0 Å². The van der Waals surface area contributed by atoms with Crippen LogP contribution in [0, 0.1) is 0 Å². The quantitative estimate of drug-likeness (QED) is 0.586. The lowest BCUT2D eigenvalue weighted by atomic mass is 10.3. The molecule has 2 aromatic rings. The van der Waals surface area contributed by atoms with Crippen molar-refractivity contribution in [3.05, 3.63) is 52.5 Å². The average Bonchev–Trinajstić information content (AvgIpc) is 2.45. The van der Waals surface area contributed by atoms with E-state index in [1.165, 1.54) is 24.3 Å². The van der Waals surface area contributed by atoms with Gasteiger partial charge in [0, 0.05) is 0 Å². The predicted octanol–water partition coefficient (Wildman–Crippen LogP) is 3.28. The first kappa shape index (κ1) is 15.2. The van der Waals surface area contributed by atoms with Gasteiger partial charge in [0.25, 0.3) is 0 Å². The average molecular weight is 325 g/mol. The van der Waals surface area contributed by atoms with Gasteiger partial charge in [-0.05, 0) is 24.3 Å². The summed E-state index contributed by atoms with van der Waals surface area (Å²) in [7, 11) is 0. The lowest BCUT2D eigenvalue weighted by molar-refractivity contribution is -0.133. The highest BCUT2D eigenvalue weighted by Crippen LogP contribution is 2.29. The third-order valence-electron chi connectivity index (χ3n) is 2.56. The molecule has 3 N–H and O–H groups in total. The number of aromatic hydroxyl groups is 1. The summed E-state index contributed by atoms with van der Waals surface area (Å²) in [6, 6.07) is 10.7. The molecule has 0 atom stereocenters. The molecule has 2 aromatic carbocycles. The zero-order chi connectivity index (χ0) is 15.4. The fourth-order valence-electron chi connectivity index (χ4n) is 1.55. The van der Waals surface area contributed by atoms with Crippen molar-refractivity contribution in [2.75, 3.05) is 10.6 Å². The van der Waals surface area contributed by atoms with E-state index in [9.17, 15) is 14.7 Å². The Kier molecular flexibility index (Phi) is 4.67. The number of phenolic OH excluding ortho intramolecular Hbond substituents is 1. The summed E-state index contributed by atoms with van der Waals surface area (Å²) in [4.78, 5) is 23.6. The Morgan fingerprint density at radius 2 is 1.43 bits per heavy atom. The second-order valence-corrected chi connectivity index (χ2v) is 4.84. The van der Waals surface area contributed by atoms with E-state index in [-0.39, 0.29) is 27.2 Å². The van der Waals surface area contributed by atoms with Gasteiger partial charge in [-0.1, -0.05) is 41.4 Å². The third-order valence-corrected chi connectivity index (χ3v) is 3.19. The van der Waals surface area contributed by atoms with Crippen LogP contribution in [-0.2, 0) is 9.59 Å². The number of para-hydroxylation sites is 3. The lowest BCUT2D eigenvalue weighted by Crippen LogP contribution is -2.29. The van der Waals surface area contributed by atoms with Crippen molar-refractivity contribution in [3.63, 3.8) is 0 Å². The number of halogens is 2. The van der Waals surface area contributed by atoms with Crippen LogP contribution in [0.2, 0.25) is 10.0 Å². The van der Waals surface area contributed by atoms with Crippen molar-refractivity contribution in [1.29, 1.82) is 0 Å². The number of anilines is 2. The van der Waals surface area contributed by atoms with Crippen LogP contribution < -0.4 is 10.6 Å². The van der Waals surface area contributed by atoms with E-state index in [0.717, 1.165) is 0 Å². The zero-order valence-corrected chi connectivity index (χ0v) is 12.1. The molecule has 0 heterocycles. The van der Waals surface area contributed by atoms with Crippen molar-refractivity contribution in [2.45, 2.75) is 0 Å². The number of phenols is 1. The van der Waals surface area contributed by atoms with Crippen LogP contribution >= 0.6 is 23.2 Å². The summed E-state index contributed by atoms with van der Waals surface area (Å²) in [6.45, 7) is 0. The lowest BCUT2D eigenvalue weighted by Gasteiger charge is -2.10. The molecule has 0 unspecified atom stereocenters. The van der Waals surface area contributed by atoms with Gasteiger partial charge < -0.3 is 15.7 Å². The number of carbonyl (C=O) groups is 2. The Balaban J connectivity index is 2.10. The molecule has 21 heavy (non-hydrogen) atoms. The Labute approximate surface area is 130 Å². The second-order valence-electron chi connectivity index (χ2n) is 4.02. The van der Waals surface area contributed by atoms with Crippen LogP contribution in [0.4, 0.5) is 11.4 Å². The molecule has 2 rings (SSSR count). The highest BCUT2D eigenvalue weighted by molar-refractivity contribution is 6.46. The Bertz CT molecular complexity index is 684. The number of amides is 2. The van der Waals surface area contributed by atoms with Crippen LogP contribution in [0.25, 0.3) is 0 Å². The van der Waals surface area contributed by atoms with Gasteiger partial charge in [0.2, 0.25) is 0 Å². The van der Waals surface area contributed by atoms with E-state index in [1.54, 1.807) is 18.2 Å². The Morgan fingerprint density at radius 3 is 2.05 bits per heavy atom. The second kappa shape index (κ2) is 6.47. The van der Waals surface area contributed by atoms with Crippen molar-refractivity contribution >= 4 is 46.4 Å². The van der Waals surface area contributed by atoms with Gasteiger partial charge in [0.05, 0.1) is 21.4 Å². The van der Waals surface area contributed by atoms with Crippen molar-refractivity contribution in [3.8, 4) is 5.75 Å². The molecule has 108 valence electrons. The highest BCUT2D eigenvalue weighted by atomic mass is 35.5. The number of rotatable bonds is 2. The van der Waals surface area contributed by atoms with Crippen molar-refractivity contribution < 1.29 is 14.7 Å². The SMILES string of the molecule is O=C(Nc1ccccc1O)C(=O)Nc1c(Cl)cccc1Cl. The van der Waals surface area contributed by atoms with E-state index in [1.807, 2.05) is 0 Å². The maximum atomic E-state index is 11.8. The van der Waals surface area contributed by atoms with E-state index in [4.69, 9.17) is 23.2 Å². The molecule has 0 aliphatic heterocycles. The number of carbonyl (C=O) groups excluding carboxylic acids is 2. The number of benzene rings is 2. The molecule has 0 saturated carbocycles. The van der Waals surface area contributed by atoms with E-state index < -0.39 is 11.8 Å². The first-order valence-electron chi connectivity index (χ1n) is 5.83. The molecule has 0 bridgehead atoms. The molecule has 0 aliphatic rings. The summed E-state index contributed by atoms with van der Waals surface area (Å²) in [5.41, 5.74) is 0.279. The van der Waals surface area contributed by atoms with Gasteiger partial charge in [-0.25, -0.2) is 0 Å². The van der Waals surface area contributed by atoms with E-state index in [0.29, 0.717) is 0 Å². The molecule has 0 aliphatic carbocycles. The number of hydrogen-bond donors (Lipinski definition) is 3. The Hall–Kier alpha value is -2.24. The summed E-state index contributed by atoms with van der Waals surface area (Å²) < 4.78 is 0. The molecular formula is C14H10Cl2N2O3. The monoisotopic (exact) mass is 324 g/mol. The molecule has 5 nitrogen and oxygen atoms in total. The minimum Gasteiger partial charge on any atom is -0.506 e. The summed E-state index contributed by atoms with van der Waals surface area (Å²) in [5.74, 6) is -2.05. The van der Waals surface area contributed by atoms with Crippen LogP contribution in [0.5, 0.6) is 5.75 Å². The summed E-state index contributed by atoms with van der Waals surface area (Å²) in [5, 5.41) is 14.6. The zero-order valence-electron chi connectivity index (χ0n) is 10.6. The van der Waals surface area contributed by atoms with Crippen LogP contribution in [0.15, 0.2) is 42.5 Å². The van der Waals surface area contributed by atoms with E-state index in [2.05, 4.69) is 10.6 Å². The van der Waals surface area contributed by atoms with Gasteiger partial charge in [0.15, 0.2) is 0 Å². The van der Waals surface area contributed by atoms with Gasteiger partial charge in [0.1, 0.15) is 5.75 Å². The molecule has 7 heteroatoms. The topological polar surface area (TPSA) is 78.4 Å². The minimum atomic E-state index is -0.951. The first-order valence-corrected chi connectivity index (χ1v) is 6.59. The molecule has 0 aromatic heterocycles. The van der Waals surface area contributed by atoms with Crippen LogP contribution in [-0.4, -0.2) is 16.9 Å². The van der Waals surface area contributed by atoms with Crippen molar-refractivity contribution in [2.24, 2.45) is 0 Å². The molecule has 0 fully saturated rings. The van der Waals surface area contributed by atoms with Gasteiger partial charge in [-0.3, -0.25) is 9.59 Å². The fourth-order valence-corrected chi connectivity index (χ4v) is 2.04.